The van der Waals surface area contributed by atoms with Crippen molar-refractivity contribution < 1.29 is 18.9 Å². The van der Waals surface area contributed by atoms with E-state index in [4.69, 9.17) is 4.52 Å². The number of hydrogen-bond donors (Lipinski definition) is 2. The smallest absolute Gasteiger partial charge is 0.228 e. The third-order valence-corrected chi connectivity index (χ3v) is 7.20. The van der Waals surface area contributed by atoms with Gasteiger partial charge in [0, 0.05) is 45.0 Å². The normalized spacial score (nSPS) is 18.3. The Morgan fingerprint density at radius 3 is 2.47 bits per heavy atom. The number of piperidine rings is 1. The second-order valence-electron chi connectivity index (χ2n) is 10.1. The molecule has 0 unspecified atom stereocenters. The molecule has 1 saturated heterocycles. The Balaban J connectivity index is 1.26. The third-order valence-electron chi connectivity index (χ3n) is 7.20. The zero-order valence-corrected chi connectivity index (χ0v) is 21.2. The van der Waals surface area contributed by atoms with Gasteiger partial charge in [-0.25, -0.2) is 4.98 Å². The van der Waals surface area contributed by atoms with E-state index in [-0.39, 0.29) is 30.1 Å². The monoisotopic (exact) mass is 496 g/mol. The average molecular weight is 497 g/mol. The number of nitrogens with one attached hydrogen (secondary N) is 2. The summed E-state index contributed by atoms with van der Waals surface area (Å²) < 4.78 is 5.47. The Morgan fingerprint density at radius 1 is 1.11 bits per heavy atom. The Hall–Kier alpha value is -3.30. The summed E-state index contributed by atoms with van der Waals surface area (Å²) in [6.45, 7) is 4.54. The average Bonchev–Trinajstić information content (AvgIpc) is 3.23. The molecule has 2 aromatic rings. The summed E-state index contributed by atoms with van der Waals surface area (Å²) in [7, 11) is 0. The zero-order chi connectivity index (χ0) is 25.5. The molecule has 4 rings (SSSR count). The van der Waals surface area contributed by atoms with Crippen LogP contribution in [0.3, 0.4) is 0 Å². The lowest BCUT2D eigenvalue weighted by Gasteiger charge is -2.31. The lowest BCUT2D eigenvalue weighted by Crippen LogP contribution is -2.45. The Labute approximate surface area is 211 Å². The summed E-state index contributed by atoms with van der Waals surface area (Å²) in [6, 6.07) is 3.70. The standard InChI is InChI=1S/C26H36N6O4/c1-18-7-8-21(27-17-18)28-24(35)20-11-15-32(16-12-20)23(34)10-9-22-29-25(31-36-22)26(30-19(2)33)13-5-3-4-6-14-26/h7-8,17,20H,3-6,9-16H2,1-2H3,(H,30,33)(H,27,28,35). The third kappa shape index (κ3) is 6.47. The first-order valence-corrected chi connectivity index (χ1v) is 13.0. The quantitative estimate of drug-likeness (QED) is 0.563. The van der Waals surface area contributed by atoms with Crippen LogP contribution in [0.5, 0.6) is 0 Å². The number of pyridine rings is 1. The van der Waals surface area contributed by atoms with Crippen molar-refractivity contribution in [3.8, 4) is 0 Å². The van der Waals surface area contributed by atoms with E-state index >= 15 is 0 Å². The highest BCUT2D eigenvalue weighted by molar-refractivity contribution is 5.91. The molecular weight excluding hydrogens is 460 g/mol. The number of likely N-dealkylation sites (tertiary alicyclic amines) is 1. The summed E-state index contributed by atoms with van der Waals surface area (Å²) in [4.78, 5) is 47.9. The lowest BCUT2D eigenvalue weighted by atomic mass is 9.89. The highest BCUT2D eigenvalue weighted by atomic mass is 16.5. The summed E-state index contributed by atoms with van der Waals surface area (Å²) in [5.74, 6) is 1.19. The van der Waals surface area contributed by atoms with Gasteiger partial charge in [-0.1, -0.05) is 36.9 Å². The van der Waals surface area contributed by atoms with Crippen LogP contribution in [0.1, 0.15) is 82.0 Å². The number of aryl methyl sites for hydroxylation is 2. The minimum absolute atomic E-state index is 0.0138. The van der Waals surface area contributed by atoms with Crippen LogP contribution >= 0.6 is 0 Å². The van der Waals surface area contributed by atoms with Crippen LogP contribution in [0.25, 0.3) is 0 Å². The van der Waals surface area contributed by atoms with Crippen LogP contribution in [0.15, 0.2) is 22.9 Å². The molecule has 1 aliphatic heterocycles. The van der Waals surface area contributed by atoms with Gasteiger partial charge in [-0.05, 0) is 44.2 Å². The molecule has 0 atom stereocenters. The number of rotatable bonds is 7. The van der Waals surface area contributed by atoms with Crippen molar-refractivity contribution in [2.24, 2.45) is 5.92 Å². The number of anilines is 1. The number of aromatic nitrogens is 3. The first-order valence-electron chi connectivity index (χ1n) is 13.0. The Bertz CT molecular complexity index is 1050. The molecule has 1 saturated carbocycles. The van der Waals surface area contributed by atoms with E-state index in [1.165, 1.54) is 6.92 Å². The Kier molecular flexibility index (Phi) is 8.32. The molecule has 3 heterocycles. The van der Waals surface area contributed by atoms with Gasteiger partial charge in [0.2, 0.25) is 23.6 Å². The summed E-state index contributed by atoms with van der Waals surface area (Å²) in [6.07, 6.45) is 9.39. The van der Waals surface area contributed by atoms with Crippen LogP contribution in [0.2, 0.25) is 0 Å². The van der Waals surface area contributed by atoms with Gasteiger partial charge in [-0.15, -0.1) is 0 Å². The summed E-state index contributed by atoms with van der Waals surface area (Å²) >= 11 is 0. The van der Waals surface area contributed by atoms with E-state index in [0.717, 1.165) is 44.1 Å². The summed E-state index contributed by atoms with van der Waals surface area (Å²) in [5.41, 5.74) is 0.443. The van der Waals surface area contributed by atoms with Gasteiger partial charge in [0.15, 0.2) is 5.82 Å². The number of carbonyl (C=O) groups excluding carboxylic acids is 3. The maximum atomic E-state index is 12.8. The maximum Gasteiger partial charge on any atom is 0.228 e. The second-order valence-corrected chi connectivity index (χ2v) is 10.1. The van der Waals surface area contributed by atoms with Crippen molar-refractivity contribution in [1.29, 1.82) is 0 Å². The van der Waals surface area contributed by atoms with E-state index in [2.05, 4.69) is 25.8 Å². The van der Waals surface area contributed by atoms with Gasteiger partial charge in [0.05, 0.1) is 0 Å². The van der Waals surface area contributed by atoms with Crippen molar-refractivity contribution in [2.75, 3.05) is 18.4 Å². The van der Waals surface area contributed by atoms with Crippen molar-refractivity contribution in [3.63, 3.8) is 0 Å². The van der Waals surface area contributed by atoms with Crippen molar-refractivity contribution in [1.82, 2.24) is 25.3 Å². The molecule has 0 spiro atoms. The van der Waals surface area contributed by atoms with Gasteiger partial charge in [-0.2, -0.15) is 4.98 Å². The largest absolute Gasteiger partial charge is 0.343 e. The first-order chi connectivity index (χ1) is 17.3. The van der Waals surface area contributed by atoms with E-state index in [9.17, 15) is 14.4 Å². The molecule has 0 aromatic carbocycles. The fourth-order valence-corrected chi connectivity index (χ4v) is 5.16. The van der Waals surface area contributed by atoms with Gasteiger partial charge in [0.25, 0.3) is 0 Å². The number of hydrogen-bond acceptors (Lipinski definition) is 7. The van der Waals surface area contributed by atoms with Crippen LogP contribution in [-0.2, 0) is 26.3 Å². The van der Waals surface area contributed by atoms with E-state index < -0.39 is 5.54 Å². The van der Waals surface area contributed by atoms with Crippen molar-refractivity contribution in [3.05, 3.63) is 35.6 Å². The van der Waals surface area contributed by atoms with Crippen LogP contribution in [0.4, 0.5) is 5.82 Å². The molecular formula is C26H36N6O4. The number of amides is 3. The molecule has 1 aliphatic carbocycles. The lowest BCUT2D eigenvalue weighted by molar-refractivity contribution is -0.134. The van der Waals surface area contributed by atoms with Gasteiger partial charge >= 0.3 is 0 Å². The predicted molar refractivity (Wildman–Crippen MR) is 133 cm³/mol. The second kappa shape index (κ2) is 11.6. The maximum absolute atomic E-state index is 12.8. The highest BCUT2D eigenvalue weighted by Gasteiger charge is 2.38. The van der Waals surface area contributed by atoms with E-state index in [0.29, 0.717) is 49.9 Å². The zero-order valence-electron chi connectivity index (χ0n) is 21.2. The van der Waals surface area contributed by atoms with Crippen molar-refractivity contribution >= 4 is 23.5 Å². The molecule has 10 heteroatoms. The number of carbonyl (C=O) groups is 3. The molecule has 3 amide bonds. The topological polar surface area (TPSA) is 130 Å². The minimum Gasteiger partial charge on any atom is -0.343 e. The predicted octanol–water partition coefficient (Wildman–Crippen LogP) is 3.27. The highest BCUT2D eigenvalue weighted by Crippen LogP contribution is 2.34. The first kappa shape index (κ1) is 25.8. The molecule has 2 fully saturated rings. The molecule has 0 bridgehead atoms. The van der Waals surface area contributed by atoms with Crippen LogP contribution in [0, 0.1) is 12.8 Å². The molecule has 2 aromatic heterocycles. The molecule has 2 aliphatic rings. The summed E-state index contributed by atoms with van der Waals surface area (Å²) in [5, 5.41) is 10.1. The van der Waals surface area contributed by atoms with Gasteiger partial charge in [-0.3, -0.25) is 14.4 Å². The van der Waals surface area contributed by atoms with Crippen LogP contribution in [-0.4, -0.2) is 50.8 Å². The fourth-order valence-electron chi connectivity index (χ4n) is 5.16. The minimum atomic E-state index is -0.593. The van der Waals surface area contributed by atoms with Gasteiger partial charge in [0.1, 0.15) is 11.4 Å². The SMILES string of the molecule is CC(=O)NC1(c2noc(CCC(=O)N3CCC(C(=O)Nc4ccc(C)cn4)CC3)n2)CCCCCC1. The molecule has 36 heavy (non-hydrogen) atoms. The van der Waals surface area contributed by atoms with E-state index in [1.807, 2.05) is 13.0 Å². The van der Waals surface area contributed by atoms with Crippen LogP contribution < -0.4 is 10.6 Å². The fraction of sp³-hybridized carbons (Fsp3) is 0.615. The van der Waals surface area contributed by atoms with Gasteiger partial charge < -0.3 is 20.1 Å². The molecule has 2 N–H and O–H groups in total. The van der Waals surface area contributed by atoms with Crippen molar-refractivity contribution in [2.45, 2.75) is 83.6 Å². The van der Waals surface area contributed by atoms with E-state index in [1.54, 1.807) is 17.2 Å². The molecule has 0 radical (unpaired) electrons. The Morgan fingerprint density at radius 2 is 1.83 bits per heavy atom. The molecule has 10 nitrogen and oxygen atoms in total. The number of nitrogens with zero attached hydrogens (tertiary/aromatic N) is 4. The molecule has 194 valence electrons.